The molecule has 0 saturated carbocycles. The summed E-state index contributed by atoms with van der Waals surface area (Å²) in [4.78, 5) is 16.3. The molecule has 4 aromatic rings. The van der Waals surface area contributed by atoms with Crippen LogP contribution in [-0.4, -0.2) is 17.9 Å². The number of anilines is 1. The third-order valence-electron chi connectivity index (χ3n) is 7.44. The molecule has 0 spiro atoms. The number of benzene rings is 4. The maximum atomic E-state index is 14.3. The van der Waals surface area contributed by atoms with Gasteiger partial charge in [-0.15, -0.1) is 0 Å². The highest BCUT2D eigenvalue weighted by Gasteiger charge is 2.63. The van der Waals surface area contributed by atoms with Gasteiger partial charge in [0.1, 0.15) is 17.5 Å². The maximum Gasteiger partial charge on any atom is 0.185 e. The Hall–Kier alpha value is -5.13. The van der Waals surface area contributed by atoms with Gasteiger partial charge in [-0.25, -0.2) is 0 Å². The summed E-state index contributed by atoms with van der Waals surface area (Å²) in [7, 11) is 0. The van der Waals surface area contributed by atoms with Crippen LogP contribution in [0.25, 0.3) is 6.08 Å². The van der Waals surface area contributed by atoms with Crippen LogP contribution < -0.4 is 9.64 Å². The van der Waals surface area contributed by atoms with Gasteiger partial charge in [-0.2, -0.15) is 10.5 Å². The summed E-state index contributed by atoms with van der Waals surface area (Å²) in [5, 5.41) is 21.3. The number of hydrogen-bond acceptors (Lipinski definition) is 5. The summed E-state index contributed by atoms with van der Waals surface area (Å²) in [5.41, 5.74) is 1.52. The maximum absolute atomic E-state index is 14.3. The van der Waals surface area contributed by atoms with Gasteiger partial charge in [0.25, 0.3) is 0 Å². The van der Waals surface area contributed by atoms with Gasteiger partial charge in [-0.3, -0.25) is 4.79 Å². The molecule has 4 aromatic carbocycles. The van der Waals surface area contributed by atoms with E-state index in [1.807, 2.05) is 114 Å². The molecule has 2 aliphatic rings. The van der Waals surface area contributed by atoms with Crippen molar-refractivity contribution in [1.82, 2.24) is 0 Å². The molecular weight excluding hydrogens is 470 g/mol. The van der Waals surface area contributed by atoms with Crippen molar-refractivity contribution in [2.24, 2.45) is 5.41 Å². The van der Waals surface area contributed by atoms with Crippen LogP contribution in [0.5, 0.6) is 11.5 Å². The molecule has 0 aliphatic carbocycles. The fourth-order valence-electron chi connectivity index (χ4n) is 5.78. The zero-order valence-corrected chi connectivity index (χ0v) is 20.4. The van der Waals surface area contributed by atoms with Crippen molar-refractivity contribution in [2.45, 2.75) is 18.0 Å². The number of ether oxygens (including phenoxy) is 1. The minimum absolute atomic E-state index is 0.132. The number of fused-ring (bicyclic) bond motifs is 3. The number of Topliss-reactive ketones (excluding diaryl/α,β-unsaturated/α-hetero) is 1. The first-order valence-electron chi connectivity index (χ1n) is 12.5. The Morgan fingerprint density at radius 3 is 2.18 bits per heavy atom. The first kappa shape index (κ1) is 23.3. The van der Waals surface area contributed by atoms with Gasteiger partial charge < -0.3 is 9.64 Å². The van der Waals surface area contributed by atoms with Crippen molar-refractivity contribution < 1.29 is 9.53 Å². The van der Waals surface area contributed by atoms with E-state index in [1.54, 1.807) is 12.1 Å². The van der Waals surface area contributed by atoms with Gasteiger partial charge in [0.2, 0.25) is 0 Å². The van der Waals surface area contributed by atoms with Gasteiger partial charge in [-0.1, -0.05) is 91.0 Å². The quantitative estimate of drug-likeness (QED) is 0.287. The number of hydrogen-bond donors (Lipinski definition) is 0. The van der Waals surface area contributed by atoms with E-state index in [4.69, 9.17) is 4.74 Å². The number of rotatable bonds is 5. The summed E-state index contributed by atoms with van der Waals surface area (Å²) < 4.78 is 6.09. The minimum Gasteiger partial charge on any atom is -0.457 e. The molecule has 6 rings (SSSR count). The first-order valence-corrected chi connectivity index (χ1v) is 12.5. The van der Waals surface area contributed by atoms with Crippen molar-refractivity contribution >= 4 is 17.5 Å². The van der Waals surface area contributed by atoms with Crippen LogP contribution in [0.15, 0.2) is 115 Å². The highest BCUT2D eigenvalue weighted by Crippen LogP contribution is 2.55. The van der Waals surface area contributed by atoms with Crippen LogP contribution in [-0.2, 0) is 0 Å². The third kappa shape index (κ3) is 3.65. The van der Waals surface area contributed by atoms with E-state index in [-0.39, 0.29) is 5.78 Å². The molecule has 0 amide bonds. The lowest BCUT2D eigenvalue weighted by molar-refractivity contribution is 0.0951. The summed E-state index contributed by atoms with van der Waals surface area (Å²) in [5.74, 6) is 0.386. The highest BCUT2D eigenvalue weighted by molar-refractivity contribution is 6.04. The average Bonchev–Trinajstić information content (AvgIpc) is 3.29. The lowest BCUT2D eigenvalue weighted by atomic mass is 9.69. The molecule has 2 heterocycles. The number of nitrogens with zero attached hydrogens (tertiary/aromatic N) is 3. The second-order valence-electron chi connectivity index (χ2n) is 9.50. The van der Waals surface area contributed by atoms with E-state index in [1.165, 1.54) is 0 Å². The average molecular weight is 494 g/mol. The van der Waals surface area contributed by atoms with Crippen molar-refractivity contribution in [3.05, 3.63) is 132 Å². The number of carbonyl (C=O) groups excluding carboxylic acids is 1. The molecule has 0 radical (unpaired) electrons. The SMILES string of the molecule is N#CC1(C#N)[C@H](c2cccc(Oc3ccccc3)c2)[C@@H](C(=O)c2ccccc2)N2c3ccccc3C=C[C@@H]21. The Labute approximate surface area is 221 Å². The van der Waals surface area contributed by atoms with Gasteiger partial charge in [0.15, 0.2) is 11.2 Å². The zero-order valence-electron chi connectivity index (χ0n) is 20.4. The molecular formula is C33H23N3O2. The smallest absolute Gasteiger partial charge is 0.185 e. The van der Waals surface area contributed by atoms with Crippen LogP contribution >= 0.6 is 0 Å². The summed E-state index contributed by atoms with van der Waals surface area (Å²) >= 11 is 0. The normalized spacial score (nSPS) is 20.5. The Morgan fingerprint density at radius 1 is 0.789 bits per heavy atom. The number of ketones is 1. The highest BCUT2D eigenvalue weighted by atomic mass is 16.5. The summed E-state index contributed by atoms with van der Waals surface area (Å²) in [6.07, 6.45) is 3.84. The Kier molecular flexibility index (Phi) is 5.75. The minimum atomic E-state index is -1.51. The van der Waals surface area contributed by atoms with Gasteiger partial charge in [0.05, 0.1) is 18.2 Å². The molecule has 5 nitrogen and oxygen atoms in total. The summed E-state index contributed by atoms with van der Waals surface area (Å²) in [6.45, 7) is 0. The van der Waals surface area contributed by atoms with Crippen LogP contribution in [0.3, 0.4) is 0 Å². The number of nitriles is 2. The third-order valence-corrected chi connectivity index (χ3v) is 7.44. The molecule has 3 atom stereocenters. The second kappa shape index (κ2) is 9.39. The Morgan fingerprint density at radius 2 is 1.45 bits per heavy atom. The fourth-order valence-corrected chi connectivity index (χ4v) is 5.78. The Balaban J connectivity index is 1.55. The van der Waals surface area contributed by atoms with Crippen LogP contribution in [0, 0.1) is 28.1 Å². The second-order valence-corrected chi connectivity index (χ2v) is 9.50. The molecule has 0 bridgehead atoms. The van der Waals surface area contributed by atoms with Crippen LogP contribution in [0.2, 0.25) is 0 Å². The van der Waals surface area contributed by atoms with E-state index >= 15 is 0 Å². The lowest BCUT2D eigenvalue weighted by Crippen LogP contribution is -2.44. The molecule has 1 fully saturated rings. The van der Waals surface area contributed by atoms with Gasteiger partial charge >= 0.3 is 0 Å². The van der Waals surface area contributed by atoms with Crippen molar-refractivity contribution in [3.8, 4) is 23.6 Å². The molecule has 2 aliphatic heterocycles. The monoisotopic (exact) mass is 493 g/mol. The van der Waals surface area contributed by atoms with Crippen molar-refractivity contribution in [2.75, 3.05) is 4.90 Å². The van der Waals surface area contributed by atoms with Gasteiger partial charge in [-0.05, 0) is 41.5 Å². The lowest BCUT2D eigenvalue weighted by Gasteiger charge is -2.35. The number of carbonyl (C=O) groups is 1. The van der Waals surface area contributed by atoms with E-state index in [0.717, 1.165) is 11.3 Å². The fraction of sp³-hybridized carbons (Fsp3) is 0.121. The van der Waals surface area contributed by atoms with Crippen molar-refractivity contribution in [1.29, 1.82) is 10.5 Å². The van der Waals surface area contributed by atoms with Gasteiger partial charge in [0, 0.05) is 17.2 Å². The van der Waals surface area contributed by atoms with Crippen LogP contribution in [0.4, 0.5) is 5.69 Å². The molecule has 5 heteroatoms. The van der Waals surface area contributed by atoms with E-state index in [2.05, 4.69) is 12.1 Å². The number of para-hydroxylation sites is 2. The van der Waals surface area contributed by atoms with E-state index in [0.29, 0.717) is 22.6 Å². The zero-order chi connectivity index (χ0) is 26.1. The molecule has 38 heavy (non-hydrogen) atoms. The predicted octanol–water partition coefficient (Wildman–Crippen LogP) is 6.76. The molecule has 0 N–H and O–H groups in total. The summed E-state index contributed by atoms with van der Waals surface area (Å²) in [6, 6.07) is 37.1. The van der Waals surface area contributed by atoms with E-state index in [9.17, 15) is 15.3 Å². The molecule has 0 unspecified atom stereocenters. The molecule has 1 saturated heterocycles. The Bertz CT molecular complexity index is 1600. The molecule has 182 valence electrons. The standard InChI is InChI=1S/C33H23N3O2/c34-21-33(22-35)29-19-18-23-10-7-8-17-28(23)36(29)31(32(37)24-11-3-1-4-12-24)30(33)25-13-9-16-27(20-25)38-26-14-5-2-6-15-26/h1-20,29-31H/t29-,30-,31+/m1/s1. The largest absolute Gasteiger partial charge is 0.457 e. The predicted molar refractivity (Wildman–Crippen MR) is 146 cm³/mol. The van der Waals surface area contributed by atoms with Crippen LogP contribution in [0.1, 0.15) is 27.4 Å². The first-order chi connectivity index (χ1) is 18.7. The van der Waals surface area contributed by atoms with Crippen molar-refractivity contribution in [3.63, 3.8) is 0 Å². The topological polar surface area (TPSA) is 77.1 Å². The van der Waals surface area contributed by atoms with E-state index < -0.39 is 23.4 Å². The molecule has 0 aromatic heterocycles.